The highest BCUT2D eigenvalue weighted by Crippen LogP contribution is 2.53. The van der Waals surface area contributed by atoms with Crippen molar-refractivity contribution in [2.75, 3.05) is 0 Å². The molecule has 214 valence electrons. The van der Waals surface area contributed by atoms with Crippen LogP contribution in [0.25, 0.3) is 89.4 Å². The fourth-order valence-corrected chi connectivity index (χ4v) is 6.77. The Kier molecular flexibility index (Phi) is 6.14. The highest BCUT2D eigenvalue weighted by Gasteiger charge is 2.27. The molecular weight excluding hydrogens is 558 g/mol. The van der Waals surface area contributed by atoms with Gasteiger partial charge in [0, 0.05) is 16.7 Å². The molecule has 3 heteroatoms. The molecule has 0 radical (unpaired) electrons. The molecule has 0 saturated heterocycles. The Bertz CT molecular complexity index is 2330. The molecule has 1 aliphatic rings. The summed E-state index contributed by atoms with van der Waals surface area (Å²) in [4.78, 5) is 15.1. The lowest BCUT2D eigenvalue weighted by Gasteiger charge is -2.14. The molecule has 0 fully saturated rings. The highest BCUT2D eigenvalue weighted by molar-refractivity contribution is 6.21. The van der Waals surface area contributed by atoms with E-state index in [1.54, 1.807) is 0 Å². The first-order valence-corrected chi connectivity index (χ1v) is 15.5. The second kappa shape index (κ2) is 10.8. The predicted molar refractivity (Wildman–Crippen MR) is 189 cm³/mol. The van der Waals surface area contributed by atoms with Gasteiger partial charge in [0.2, 0.25) is 0 Å². The Morgan fingerprint density at radius 1 is 0.283 bits per heavy atom. The lowest BCUT2D eigenvalue weighted by Crippen LogP contribution is -2.00. The van der Waals surface area contributed by atoms with Crippen molar-refractivity contribution in [2.45, 2.75) is 0 Å². The molecule has 9 rings (SSSR count). The molecule has 0 spiro atoms. The van der Waals surface area contributed by atoms with Gasteiger partial charge in [-0.2, -0.15) is 0 Å². The average Bonchev–Trinajstić information content (AvgIpc) is 3.47. The maximum atomic E-state index is 5.09. The largest absolute Gasteiger partial charge is 0.208 e. The summed E-state index contributed by atoms with van der Waals surface area (Å²) in [5, 5.41) is 2.55. The molecule has 0 atom stereocenters. The van der Waals surface area contributed by atoms with Gasteiger partial charge in [0.25, 0.3) is 0 Å². The van der Waals surface area contributed by atoms with E-state index in [9.17, 15) is 0 Å². The second-order valence-electron chi connectivity index (χ2n) is 11.6. The van der Waals surface area contributed by atoms with Crippen molar-refractivity contribution in [3.8, 4) is 78.7 Å². The molecule has 0 amide bonds. The van der Waals surface area contributed by atoms with Gasteiger partial charge < -0.3 is 0 Å². The van der Waals surface area contributed by atoms with E-state index in [-0.39, 0.29) is 0 Å². The van der Waals surface area contributed by atoms with E-state index >= 15 is 0 Å². The van der Waals surface area contributed by atoms with Crippen molar-refractivity contribution in [3.05, 3.63) is 164 Å². The van der Waals surface area contributed by atoms with Crippen LogP contribution >= 0.6 is 0 Å². The van der Waals surface area contributed by atoms with E-state index in [0.717, 1.165) is 22.3 Å². The highest BCUT2D eigenvalue weighted by atomic mass is 15.0. The maximum absolute atomic E-state index is 5.09. The van der Waals surface area contributed by atoms with E-state index in [4.69, 9.17) is 15.0 Å². The molecule has 3 nitrogen and oxygen atoms in total. The first-order valence-electron chi connectivity index (χ1n) is 15.5. The summed E-state index contributed by atoms with van der Waals surface area (Å²) in [5.74, 6) is 1.97. The summed E-state index contributed by atoms with van der Waals surface area (Å²) in [5.41, 5.74) is 12.6. The number of fused-ring (bicyclic) bond motifs is 3. The van der Waals surface area contributed by atoms with Crippen molar-refractivity contribution in [1.29, 1.82) is 0 Å². The molecule has 1 aromatic heterocycles. The van der Waals surface area contributed by atoms with Crippen LogP contribution in [0.3, 0.4) is 0 Å². The van der Waals surface area contributed by atoms with E-state index in [1.807, 2.05) is 60.7 Å². The lowest BCUT2D eigenvalue weighted by molar-refractivity contribution is 1.07. The lowest BCUT2D eigenvalue weighted by atomic mass is 9.91. The Morgan fingerprint density at radius 3 is 1.30 bits per heavy atom. The summed E-state index contributed by atoms with van der Waals surface area (Å²) >= 11 is 0. The Hall–Kier alpha value is -6.19. The van der Waals surface area contributed by atoms with Gasteiger partial charge in [-0.15, -0.1) is 0 Å². The average molecular weight is 586 g/mol. The van der Waals surface area contributed by atoms with Crippen molar-refractivity contribution < 1.29 is 0 Å². The molecule has 1 heterocycles. The molecule has 1 aliphatic carbocycles. The Balaban J connectivity index is 1.32. The number of hydrogen-bond donors (Lipinski definition) is 0. The van der Waals surface area contributed by atoms with E-state index < -0.39 is 0 Å². The molecule has 8 aromatic rings. The van der Waals surface area contributed by atoms with E-state index in [1.165, 1.54) is 49.7 Å². The fourth-order valence-electron chi connectivity index (χ4n) is 6.77. The third-order valence-electron chi connectivity index (χ3n) is 8.87. The minimum atomic E-state index is 0.654. The van der Waals surface area contributed by atoms with Crippen molar-refractivity contribution in [1.82, 2.24) is 15.0 Å². The molecular formula is C43H27N3. The van der Waals surface area contributed by atoms with Crippen LogP contribution < -0.4 is 0 Å². The standard InChI is InChI=1S/C43H27N3/c1-5-14-28(15-6-1)33-24-25-35-38-27-32(26-37(29-16-7-2-8-17-29)40(38)36-23-13-22-34(33)39(35)36)43-45-41(30-18-9-3-10-19-30)44-42(46-43)31-20-11-4-12-21-31/h1-27H. The van der Waals surface area contributed by atoms with Gasteiger partial charge in [0.15, 0.2) is 17.5 Å². The molecule has 7 aromatic carbocycles. The number of rotatable bonds is 5. The number of aromatic nitrogens is 3. The zero-order chi connectivity index (χ0) is 30.5. The normalized spacial score (nSPS) is 11.5. The smallest absolute Gasteiger partial charge is 0.164 e. The van der Waals surface area contributed by atoms with Gasteiger partial charge in [-0.25, -0.2) is 15.0 Å². The van der Waals surface area contributed by atoms with E-state index in [2.05, 4.69) is 103 Å². The summed E-state index contributed by atoms with van der Waals surface area (Å²) in [6.45, 7) is 0. The van der Waals surface area contributed by atoms with Crippen LogP contribution in [0.15, 0.2) is 164 Å². The number of benzene rings is 7. The number of nitrogens with zero attached hydrogens (tertiary/aromatic N) is 3. The van der Waals surface area contributed by atoms with Crippen molar-refractivity contribution in [3.63, 3.8) is 0 Å². The van der Waals surface area contributed by atoms with Gasteiger partial charge >= 0.3 is 0 Å². The Morgan fingerprint density at radius 2 is 0.739 bits per heavy atom. The monoisotopic (exact) mass is 585 g/mol. The minimum Gasteiger partial charge on any atom is -0.208 e. The van der Waals surface area contributed by atoms with E-state index in [0.29, 0.717) is 17.5 Å². The first kappa shape index (κ1) is 26.2. The van der Waals surface area contributed by atoms with Crippen LogP contribution in [0.5, 0.6) is 0 Å². The van der Waals surface area contributed by atoms with Crippen LogP contribution in [-0.2, 0) is 0 Å². The molecule has 0 aliphatic heterocycles. The molecule has 46 heavy (non-hydrogen) atoms. The van der Waals surface area contributed by atoms with Crippen LogP contribution in [0.1, 0.15) is 0 Å². The number of hydrogen-bond acceptors (Lipinski definition) is 3. The minimum absolute atomic E-state index is 0.654. The van der Waals surface area contributed by atoms with Crippen LogP contribution in [0.4, 0.5) is 0 Å². The van der Waals surface area contributed by atoms with Crippen molar-refractivity contribution >= 4 is 10.8 Å². The topological polar surface area (TPSA) is 38.7 Å². The third kappa shape index (κ3) is 4.33. The van der Waals surface area contributed by atoms with Gasteiger partial charge in [-0.1, -0.05) is 152 Å². The SMILES string of the molecule is c1ccc(-c2nc(-c3ccccc3)nc(-c3cc(-c4ccccc4)c4c(c3)-c3ccc(-c5ccccc5)c5cccc-4c35)n2)cc1. The third-order valence-corrected chi connectivity index (χ3v) is 8.87. The molecule has 0 saturated carbocycles. The summed E-state index contributed by atoms with van der Waals surface area (Å²) < 4.78 is 0. The summed E-state index contributed by atoms with van der Waals surface area (Å²) in [6.07, 6.45) is 0. The second-order valence-corrected chi connectivity index (χ2v) is 11.6. The fraction of sp³-hybridized carbons (Fsp3) is 0. The maximum Gasteiger partial charge on any atom is 0.164 e. The zero-order valence-electron chi connectivity index (χ0n) is 24.9. The van der Waals surface area contributed by atoms with Crippen LogP contribution in [-0.4, -0.2) is 15.0 Å². The Labute approximate surface area is 267 Å². The molecule has 0 N–H and O–H groups in total. The van der Waals surface area contributed by atoms with Gasteiger partial charge in [-0.3, -0.25) is 0 Å². The quantitative estimate of drug-likeness (QED) is 0.202. The van der Waals surface area contributed by atoms with Gasteiger partial charge in [0.1, 0.15) is 0 Å². The summed E-state index contributed by atoms with van der Waals surface area (Å²) in [7, 11) is 0. The summed E-state index contributed by atoms with van der Waals surface area (Å²) in [6, 6.07) is 57.4. The zero-order valence-corrected chi connectivity index (χ0v) is 24.9. The first-order chi connectivity index (χ1) is 22.8. The molecule has 0 bridgehead atoms. The van der Waals surface area contributed by atoms with Gasteiger partial charge in [-0.05, 0) is 67.4 Å². The molecule has 0 unspecified atom stereocenters. The van der Waals surface area contributed by atoms with Crippen molar-refractivity contribution in [2.24, 2.45) is 0 Å². The predicted octanol–water partition coefficient (Wildman–Crippen LogP) is 11.0. The van der Waals surface area contributed by atoms with Crippen LogP contribution in [0.2, 0.25) is 0 Å². The van der Waals surface area contributed by atoms with Gasteiger partial charge in [0.05, 0.1) is 0 Å². The van der Waals surface area contributed by atoms with Crippen LogP contribution in [0, 0.1) is 0 Å².